The first kappa shape index (κ1) is 48.7. The zero-order chi connectivity index (χ0) is 49.0. The number of nitrogens with one attached hydrogen (secondary N) is 4. The van der Waals surface area contributed by atoms with Gasteiger partial charge >= 0.3 is 12.2 Å². The van der Waals surface area contributed by atoms with Crippen molar-refractivity contribution in [2.75, 3.05) is 68.0 Å². The topological polar surface area (TPSA) is 212 Å². The monoisotopic (exact) mass is 954 g/mol. The van der Waals surface area contributed by atoms with Crippen molar-refractivity contribution in [1.82, 2.24) is 40.4 Å². The number of aromatic amines is 2. The first-order chi connectivity index (χ1) is 34.2. The van der Waals surface area contributed by atoms with E-state index in [9.17, 15) is 19.2 Å². The molecule has 4 aromatic carbocycles. The van der Waals surface area contributed by atoms with Crippen LogP contribution >= 0.6 is 0 Å². The molecule has 4 N–H and O–H groups in total. The number of H-pyrrole nitrogens is 2. The van der Waals surface area contributed by atoms with Crippen molar-refractivity contribution in [3.05, 3.63) is 132 Å². The van der Waals surface area contributed by atoms with Gasteiger partial charge in [-0.1, -0.05) is 72.8 Å². The van der Waals surface area contributed by atoms with Gasteiger partial charge in [-0.05, 0) is 61.1 Å². The molecule has 0 bridgehead atoms. The molecular weight excluding hydrogens is 897 g/mol. The van der Waals surface area contributed by atoms with E-state index >= 15 is 0 Å². The highest BCUT2D eigenvalue weighted by atomic mass is 16.5. The van der Waals surface area contributed by atoms with Crippen LogP contribution < -0.4 is 20.1 Å². The third-order valence-corrected chi connectivity index (χ3v) is 12.5. The van der Waals surface area contributed by atoms with Crippen molar-refractivity contribution < 1.29 is 47.6 Å². The van der Waals surface area contributed by atoms with Gasteiger partial charge in [-0.2, -0.15) is 0 Å². The maximum atomic E-state index is 14.1. The number of methoxy groups -OCH3 is 4. The number of nitrogens with zero attached hydrogens (tertiary/aromatic N) is 4. The van der Waals surface area contributed by atoms with E-state index in [0.29, 0.717) is 73.4 Å². The summed E-state index contributed by atoms with van der Waals surface area (Å²) in [5.41, 5.74) is 5.90. The third kappa shape index (κ3) is 11.1. The van der Waals surface area contributed by atoms with Crippen molar-refractivity contribution >= 4 is 24.0 Å². The Kier molecular flexibility index (Phi) is 16.1. The maximum absolute atomic E-state index is 14.1. The molecule has 2 aromatic heterocycles. The number of hydrogen-bond acceptors (Lipinski definition) is 12. The van der Waals surface area contributed by atoms with Crippen molar-refractivity contribution in [2.45, 2.75) is 49.9 Å². The predicted molar refractivity (Wildman–Crippen MR) is 259 cm³/mol. The molecule has 4 atom stereocenters. The van der Waals surface area contributed by atoms with Crippen LogP contribution in [0.3, 0.4) is 0 Å². The van der Waals surface area contributed by atoms with Crippen LogP contribution in [0, 0.1) is 0 Å². The number of carbonyl (C=O) groups excluding carboxylic acids is 4. The Hall–Kier alpha value is -7.70. The second-order valence-corrected chi connectivity index (χ2v) is 16.8. The zero-order valence-electron chi connectivity index (χ0n) is 39.6. The molecule has 4 heterocycles. The summed E-state index contributed by atoms with van der Waals surface area (Å²) >= 11 is 0. The first-order valence-electron chi connectivity index (χ1n) is 23.2. The van der Waals surface area contributed by atoms with E-state index in [2.05, 4.69) is 20.6 Å². The molecule has 8 rings (SSSR count). The van der Waals surface area contributed by atoms with Crippen LogP contribution in [-0.2, 0) is 28.5 Å². The number of rotatable bonds is 19. The summed E-state index contributed by atoms with van der Waals surface area (Å²) in [7, 11) is 5.77. The standard InChI is InChI=1S/C52H58N8O10/c1-65-25-27-69-43-29-35(39-31-53-47(55-39)41-17-11-23-59(41)49(61)45(57-51(63)67-3)33-13-7-5-8-14-33)19-21-37(43)38-22-20-36(30-44(38)70-28-26-66-2)40-32-54-48(56-40)42-18-12-24-60(42)50(62)46(58-52(64)68-4)34-15-9-6-10-16-34/h5-10,13-16,19-22,29-32,41-42,45-46H,11-12,17-18,23-28H2,1-4H3,(H,53,55)(H,54,56)(H,57,63)(H,58,64)/t41-,42-,45+,46+/m0/s1. The summed E-state index contributed by atoms with van der Waals surface area (Å²) in [5.74, 6) is 1.90. The van der Waals surface area contributed by atoms with E-state index in [-0.39, 0.29) is 37.1 Å². The van der Waals surface area contributed by atoms with Gasteiger partial charge in [0.25, 0.3) is 11.8 Å². The summed E-state index contributed by atoms with van der Waals surface area (Å²) < 4.78 is 33.2. The van der Waals surface area contributed by atoms with Gasteiger partial charge in [-0.3, -0.25) is 9.59 Å². The Morgan fingerprint density at radius 3 is 1.39 bits per heavy atom. The third-order valence-electron chi connectivity index (χ3n) is 12.5. The molecule has 2 saturated heterocycles. The lowest BCUT2D eigenvalue weighted by Gasteiger charge is -2.28. The van der Waals surface area contributed by atoms with Crippen molar-refractivity contribution in [1.29, 1.82) is 0 Å². The van der Waals surface area contributed by atoms with E-state index in [0.717, 1.165) is 46.5 Å². The summed E-state index contributed by atoms with van der Waals surface area (Å²) in [4.78, 5) is 73.0. The number of benzene rings is 4. The van der Waals surface area contributed by atoms with E-state index < -0.39 is 24.3 Å². The summed E-state index contributed by atoms with van der Waals surface area (Å²) in [6.07, 6.45) is 5.01. The van der Waals surface area contributed by atoms with Gasteiger partial charge in [0, 0.05) is 49.6 Å². The van der Waals surface area contributed by atoms with Gasteiger partial charge in [-0.15, -0.1) is 0 Å². The number of likely N-dealkylation sites (tertiary alicyclic amines) is 2. The Bertz CT molecular complexity index is 2540. The summed E-state index contributed by atoms with van der Waals surface area (Å²) in [6, 6.07) is 27.4. The second kappa shape index (κ2) is 23.1. The fourth-order valence-electron chi connectivity index (χ4n) is 9.02. The number of imidazole rings is 2. The highest BCUT2D eigenvalue weighted by Crippen LogP contribution is 2.42. The van der Waals surface area contributed by atoms with Crippen LogP contribution in [-0.4, -0.2) is 122 Å². The molecule has 6 aromatic rings. The molecular formula is C52H58N8O10. The maximum Gasteiger partial charge on any atom is 0.407 e. The predicted octanol–water partition coefficient (Wildman–Crippen LogP) is 7.71. The molecule has 18 heteroatoms. The van der Waals surface area contributed by atoms with Gasteiger partial charge in [-0.25, -0.2) is 19.6 Å². The lowest BCUT2D eigenvalue weighted by Crippen LogP contribution is -2.42. The van der Waals surface area contributed by atoms with E-state index in [1.165, 1.54) is 14.2 Å². The second-order valence-electron chi connectivity index (χ2n) is 16.8. The molecule has 0 radical (unpaired) electrons. The molecule has 0 saturated carbocycles. The van der Waals surface area contributed by atoms with Gasteiger partial charge in [0.2, 0.25) is 0 Å². The molecule has 0 spiro atoms. The van der Waals surface area contributed by atoms with Crippen LogP contribution in [0.5, 0.6) is 11.5 Å². The van der Waals surface area contributed by atoms with Crippen molar-refractivity contribution in [2.24, 2.45) is 0 Å². The minimum Gasteiger partial charge on any atom is -0.491 e. The van der Waals surface area contributed by atoms with Crippen LogP contribution in [0.25, 0.3) is 33.6 Å². The number of carbonyl (C=O) groups is 4. The van der Waals surface area contributed by atoms with Gasteiger partial charge in [0.15, 0.2) is 0 Å². The SMILES string of the molecule is COCCOc1cc(-c2cnc([C@@H]3CCCN3C(=O)[C@H](NC(=O)OC)c3ccccc3)[nH]2)ccc1-c1ccc(-c2cnc([C@@H]3CCCN3C(=O)[C@H](NC(=O)OC)c3ccccc3)[nH]2)cc1OCCOC. The van der Waals surface area contributed by atoms with E-state index in [4.69, 9.17) is 38.4 Å². The first-order valence-corrected chi connectivity index (χ1v) is 23.2. The lowest BCUT2D eigenvalue weighted by atomic mass is 9.98. The molecule has 4 amide bonds. The van der Waals surface area contributed by atoms with E-state index in [1.54, 1.807) is 60.7 Å². The average Bonchev–Trinajstić information content (AvgIpc) is 4.26. The molecule has 2 aliphatic rings. The molecule has 0 unspecified atom stereocenters. The average molecular weight is 955 g/mol. The number of alkyl carbamates (subject to hydrolysis) is 2. The fraction of sp³-hybridized carbons (Fsp3) is 0.346. The minimum absolute atomic E-state index is 0.256. The van der Waals surface area contributed by atoms with Gasteiger partial charge in [0.05, 0.1) is 63.3 Å². The largest absolute Gasteiger partial charge is 0.491 e. The summed E-state index contributed by atoms with van der Waals surface area (Å²) in [6.45, 7) is 2.27. The lowest BCUT2D eigenvalue weighted by molar-refractivity contribution is -0.135. The number of aromatic nitrogens is 4. The van der Waals surface area contributed by atoms with Crippen LogP contribution in [0.2, 0.25) is 0 Å². The number of ether oxygens (including phenoxy) is 6. The molecule has 0 aliphatic carbocycles. The molecule has 18 nitrogen and oxygen atoms in total. The van der Waals surface area contributed by atoms with Gasteiger partial charge in [0.1, 0.15) is 48.4 Å². The summed E-state index contributed by atoms with van der Waals surface area (Å²) in [5, 5.41) is 5.43. The molecule has 70 heavy (non-hydrogen) atoms. The van der Waals surface area contributed by atoms with E-state index in [1.807, 2.05) is 72.8 Å². The fourth-order valence-corrected chi connectivity index (χ4v) is 9.02. The van der Waals surface area contributed by atoms with Crippen LogP contribution in [0.15, 0.2) is 109 Å². The Labute approximate surface area is 406 Å². The molecule has 366 valence electrons. The van der Waals surface area contributed by atoms with Crippen LogP contribution in [0.4, 0.5) is 9.59 Å². The smallest absolute Gasteiger partial charge is 0.407 e. The molecule has 2 aliphatic heterocycles. The van der Waals surface area contributed by atoms with Crippen molar-refractivity contribution in [3.8, 4) is 45.1 Å². The van der Waals surface area contributed by atoms with Crippen LogP contribution in [0.1, 0.15) is 72.6 Å². The number of hydrogen-bond donors (Lipinski definition) is 4. The minimum atomic E-state index is -0.935. The highest BCUT2D eigenvalue weighted by Gasteiger charge is 2.39. The van der Waals surface area contributed by atoms with Crippen molar-refractivity contribution in [3.63, 3.8) is 0 Å². The Morgan fingerprint density at radius 2 is 1.00 bits per heavy atom. The molecule has 2 fully saturated rings. The normalized spacial score (nSPS) is 16.3. The number of amides is 4. The Balaban J connectivity index is 1.06. The highest BCUT2D eigenvalue weighted by molar-refractivity contribution is 5.88. The quantitative estimate of drug-likeness (QED) is 0.0576. The Morgan fingerprint density at radius 1 is 0.586 bits per heavy atom. The van der Waals surface area contributed by atoms with Gasteiger partial charge < -0.3 is 58.8 Å². The zero-order valence-corrected chi connectivity index (χ0v) is 39.6.